The van der Waals surface area contributed by atoms with Gasteiger partial charge in [-0.2, -0.15) is 24.5 Å². The van der Waals surface area contributed by atoms with E-state index in [1.54, 1.807) is 11.8 Å². The second-order valence-electron chi connectivity index (χ2n) is 4.94. The van der Waals surface area contributed by atoms with Crippen molar-refractivity contribution in [3.8, 4) is 0 Å². The number of nitrogens with one attached hydrogen (secondary N) is 1. The Hall–Kier alpha value is -0.600. The van der Waals surface area contributed by atoms with Gasteiger partial charge in [-0.3, -0.25) is 0 Å². The van der Waals surface area contributed by atoms with E-state index in [2.05, 4.69) is 10.8 Å². The fourth-order valence-electron chi connectivity index (χ4n) is 2.28. The van der Waals surface area contributed by atoms with Gasteiger partial charge >= 0.3 is 0 Å². The molecule has 1 aliphatic rings. The number of aliphatic hydroxyl groups excluding tert-OH is 1. The quantitative estimate of drug-likeness (QED) is 0.698. The Morgan fingerprint density at radius 1 is 1.24 bits per heavy atom. The summed E-state index contributed by atoms with van der Waals surface area (Å²) >= 11 is 1.65. The normalized spacial score (nSPS) is 15.9. The predicted octanol–water partition coefficient (Wildman–Crippen LogP) is 0.995. The van der Waals surface area contributed by atoms with Crippen LogP contribution >= 0.6 is 11.8 Å². The van der Waals surface area contributed by atoms with Crippen molar-refractivity contribution in [1.82, 2.24) is 9.03 Å². The molecule has 5 nitrogen and oxygen atoms in total. The minimum atomic E-state index is -3.40. The van der Waals surface area contributed by atoms with Crippen LogP contribution in [0.25, 0.3) is 0 Å². The van der Waals surface area contributed by atoms with E-state index in [0.717, 1.165) is 29.9 Å². The van der Waals surface area contributed by atoms with Crippen LogP contribution in [0.5, 0.6) is 0 Å². The van der Waals surface area contributed by atoms with E-state index >= 15 is 0 Å². The Morgan fingerprint density at radius 3 is 2.76 bits per heavy atom. The molecule has 0 unspecified atom stereocenters. The molecule has 0 atom stereocenters. The molecule has 21 heavy (non-hydrogen) atoms. The van der Waals surface area contributed by atoms with E-state index in [9.17, 15) is 8.42 Å². The minimum absolute atomic E-state index is 0.186. The molecule has 1 aliphatic heterocycles. The average Bonchev–Trinajstić information content (AvgIpc) is 2.50. The Bertz CT molecular complexity index is 549. The number of hydrogen-bond donors (Lipinski definition) is 2. The van der Waals surface area contributed by atoms with Crippen molar-refractivity contribution in [2.75, 3.05) is 31.2 Å². The van der Waals surface area contributed by atoms with Crippen LogP contribution in [0.3, 0.4) is 0 Å². The molecule has 0 aromatic heterocycles. The van der Waals surface area contributed by atoms with Gasteiger partial charge in [0.2, 0.25) is 0 Å². The summed E-state index contributed by atoms with van der Waals surface area (Å²) in [6, 6.07) is 7.98. The summed E-state index contributed by atoms with van der Waals surface area (Å²) in [7, 11) is -3.40. The Balaban J connectivity index is 1.81. The third-order valence-corrected chi connectivity index (χ3v) is 6.04. The SMILES string of the molecule is O=S(=O)(NCCSCCCO)N1CCc2ccccc2C1. The maximum absolute atomic E-state index is 12.2. The molecule has 0 aliphatic carbocycles. The van der Waals surface area contributed by atoms with Crippen molar-refractivity contribution in [3.63, 3.8) is 0 Å². The molecule has 0 fully saturated rings. The smallest absolute Gasteiger partial charge is 0.279 e. The van der Waals surface area contributed by atoms with Gasteiger partial charge < -0.3 is 5.11 Å². The first-order valence-electron chi connectivity index (χ1n) is 7.13. The van der Waals surface area contributed by atoms with E-state index in [-0.39, 0.29) is 6.61 Å². The lowest BCUT2D eigenvalue weighted by Gasteiger charge is -2.28. The molecule has 7 heteroatoms. The summed E-state index contributed by atoms with van der Waals surface area (Å²) in [5, 5.41) is 8.67. The maximum Gasteiger partial charge on any atom is 0.279 e. The summed E-state index contributed by atoms with van der Waals surface area (Å²) < 4.78 is 28.7. The largest absolute Gasteiger partial charge is 0.396 e. The molecule has 1 aromatic rings. The maximum atomic E-state index is 12.2. The van der Waals surface area contributed by atoms with Gasteiger partial charge in [-0.05, 0) is 29.7 Å². The molecule has 0 saturated carbocycles. The van der Waals surface area contributed by atoms with Crippen molar-refractivity contribution < 1.29 is 13.5 Å². The standard InChI is InChI=1S/C14H22N2O3S2/c17-9-3-10-20-11-7-15-21(18,19)16-8-6-13-4-1-2-5-14(13)12-16/h1-2,4-5,15,17H,3,6-12H2. The van der Waals surface area contributed by atoms with Gasteiger partial charge in [-0.25, -0.2) is 4.72 Å². The van der Waals surface area contributed by atoms with Crippen LogP contribution in [0.1, 0.15) is 17.5 Å². The minimum Gasteiger partial charge on any atom is -0.396 e. The van der Waals surface area contributed by atoms with E-state index < -0.39 is 10.2 Å². The average molecular weight is 330 g/mol. The van der Waals surface area contributed by atoms with Crippen LogP contribution in [-0.2, 0) is 23.2 Å². The topological polar surface area (TPSA) is 69.6 Å². The highest BCUT2D eigenvalue weighted by Gasteiger charge is 2.25. The highest BCUT2D eigenvalue weighted by atomic mass is 32.2. The first-order valence-corrected chi connectivity index (χ1v) is 9.73. The second kappa shape index (κ2) is 8.14. The molecular weight excluding hydrogens is 308 g/mol. The Kier molecular flexibility index (Phi) is 6.50. The zero-order chi connectivity index (χ0) is 15.1. The van der Waals surface area contributed by atoms with Gasteiger partial charge in [0, 0.05) is 32.0 Å². The molecular formula is C14H22N2O3S2. The van der Waals surface area contributed by atoms with E-state index in [4.69, 9.17) is 5.11 Å². The summed E-state index contributed by atoms with van der Waals surface area (Å²) in [6.45, 7) is 1.59. The summed E-state index contributed by atoms with van der Waals surface area (Å²) in [5.74, 6) is 1.58. The number of hydrogen-bond acceptors (Lipinski definition) is 4. The molecule has 0 amide bonds. The second-order valence-corrected chi connectivity index (χ2v) is 7.92. The summed E-state index contributed by atoms with van der Waals surface area (Å²) in [5.41, 5.74) is 2.33. The number of nitrogens with zero attached hydrogens (tertiary/aromatic N) is 1. The number of benzene rings is 1. The van der Waals surface area contributed by atoms with Gasteiger partial charge in [0.05, 0.1) is 0 Å². The number of fused-ring (bicyclic) bond motifs is 1. The fourth-order valence-corrected chi connectivity index (χ4v) is 4.37. The van der Waals surface area contributed by atoms with E-state index in [0.29, 0.717) is 19.6 Å². The number of aliphatic hydroxyl groups is 1. The highest BCUT2D eigenvalue weighted by Crippen LogP contribution is 2.20. The Labute approximate surface area is 130 Å². The van der Waals surface area contributed by atoms with Crippen molar-refractivity contribution in [2.45, 2.75) is 19.4 Å². The van der Waals surface area contributed by atoms with Crippen molar-refractivity contribution in [3.05, 3.63) is 35.4 Å². The number of rotatable bonds is 8. The third-order valence-electron chi connectivity index (χ3n) is 3.41. The monoisotopic (exact) mass is 330 g/mol. The molecule has 0 spiro atoms. The van der Waals surface area contributed by atoms with Crippen LogP contribution in [0.2, 0.25) is 0 Å². The van der Waals surface area contributed by atoms with Crippen molar-refractivity contribution >= 4 is 22.0 Å². The van der Waals surface area contributed by atoms with Crippen molar-refractivity contribution in [1.29, 1.82) is 0 Å². The first-order chi connectivity index (χ1) is 10.1. The first kappa shape index (κ1) is 16.8. The van der Waals surface area contributed by atoms with Crippen LogP contribution in [0.4, 0.5) is 0 Å². The van der Waals surface area contributed by atoms with Gasteiger partial charge in [0.25, 0.3) is 10.2 Å². The lowest BCUT2D eigenvalue weighted by Crippen LogP contribution is -2.44. The van der Waals surface area contributed by atoms with Gasteiger partial charge in [0.15, 0.2) is 0 Å². The van der Waals surface area contributed by atoms with Crippen molar-refractivity contribution in [2.24, 2.45) is 0 Å². The van der Waals surface area contributed by atoms with Gasteiger partial charge in [0.1, 0.15) is 0 Å². The molecule has 118 valence electrons. The molecule has 0 bridgehead atoms. The molecule has 2 N–H and O–H groups in total. The third kappa shape index (κ3) is 4.96. The Morgan fingerprint density at radius 2 is 2.00 bits per heavy atom. The molecule has 1 heterocycles. The molecule has 2 rings (SSSR count). The number of thioether (sulfide) groups is 1. The summed E-state index contributed by atoms with van der Waals surface area (Å²) in [4.78, 5) is 0. The molecule has 0 radical (unpaired) electrons. The van der Waals surface area contributed by atoms with Crippen LogP contribution in [-0.4, -0.2) is 49.0 Å². The zero-order valence-corrected chi connectivity index (χ0v) is 13.6. The fraction of sp³-hybridized carbons (Fsp3) is 0.571. The lowest BCUT2D eigenvalue weighted by atomic mass is 10.0. The van der Waals surface area contributed by atoms with Gasteiger partial charge in [-0.15, -0.1) is 0 Å². The lowest BCUT2D eigenvalue weighted by molar-refractivity contribution is 0.296. The van der Waals surface area contributed by atoms with E-state index in [1.165, 1.54) is 9.87 Å². The van der Waals surface area contributed by atoms with E-state index in [1.807, 2.05) is 18.2 Å². The molecule has 0 saturated heterocycles. The predicted molar refractivity (Wildman–Crippen MR) is 86.5 cm³/mol. The molecule has 1 aromatic carbocycles. The van der Waals surface area contributed by atoms with Crippen LogP contribution in [0.15, 0.2) is 24.3 Å². The van der Waals surface area contributed by atoms with Crippen LogP contribution in [0, 0.1) is 0 Å². The highest BCUT2D eigenvalue weighted by molar-refractivity contribution is 7.99. The zero-order valence-electron chi connectivity index (χ0n) is 12.0. The van der Waals surface area contributed by atoms with Crippen LogP contribution < -0.4 is 4.72 Å². The summed E-state index contributed by atoms with van der Waals surface area (Å²) in [6.07, 6.45) is 1.52. The van der Waals surface area contributed by atoms with Gasteiger partial charge in [-0.1, -0.05) is 24.3 Å².